The van der Waals surface area contributed by atoms with Crippen LogP contribution in [0.5, 0.6) is 11.5 Å². The van der Waals surface area contributed by atoms with E-state index in [0.717, 1.165) is 36.0 Å². The zero-order chi connectivity index (χ0) is 20.3. The SMILES string of the molecule is CCC[C@H](C)C(=O)N1CCc2cc(OC)c(OC)cc2[C@@H]1c1ccccc1Cl. The molecular formula is C23H28ClNO3. The molecule has 3 rings (SSSR count). The van der Waals surface area contributed by atoms with E-state index in [1.165, 1.54) is 0 Å². The molecule has 0 saturated heterocycles. The van der Waals surface area contributed by atoms with Gasteiger partial charge < -0.3 is 14.4 Å². The number of hydrogen-bond donors (Lipinski definition) is 0. The molecule has 28 heavy (non-hydrogen) atoms. The highest BCUT2D eigenvalue weighted by molar-refractivity contribution is 6.31. The summed E-state index contributed by atoms with van der Waals surface area (Å²) in [6, 6.07) is 11.5. The van der Waals surface area contributed by atoms with E-state index in [2.05, 4.69) is 6.92 Å². The number of methoxy groups -OCH3 is 2. The van der Waals surface area contributed by atoms with Crippen molar-refractivity contribution in [2.24, 2.45) is 5.92 Å². The molecule has 2 aromatic carbocycles. The van der Waals surface area contributed by atoms with Crippen LogP contribution in [-0.2, 0) is 11.2 Å². The fraction of sp³-hybridized carbons (Fsp3) is 0.435. The molecule has 0 spiro atoms. The minimum atomic E-state index is -0.232. The van der Waals surface area contributed by atoms with Crippen LogP contribution in [0, 0.1) is 5.92 Å². The van der Waals surface area contributed by atoms with Gasteiger partial charge in [-0.15, -0.1) is 0 Å². The molecule has 0 aliphatic carbocycles. The quantitative estimate of drug-likeness (QED) is 0.662. The topological polar surface area (TPSA) is 38.8 Å². The lowest BCUT2D eigenvalue weighted by Gasteiger charge is -2.39. The lowest BCUT2D eigenvalue weighted by Crippen LogP contribution is -2.43. The van der Waals surface area contributed by atoms with Crippen LogP contribution >= 0.6 is 11.6 Å². The fourth-order valence-electron chi connectivity index (χ4n) is 4.06. The van der Waals surface area contributed by atoms with E-state index in [9.17, 15) is 4.79 Å². The first-order valence-corrected chi connectivity index (χ1v) is 10.2. The van der Waals surface area contributed by atoms with Gasteiger partial charge in [0.2, 0.25) is 5.91 Å². The Labute approximate surface area is 172 Å². The summed E-state index contributed by atoms with van der Waals surface area (Å²) >= 11 is 6.57. The smallest absolute Gasteiger partial charge is 0.226 e. The normalized spacial score (nSPS) is 17.0. The number of fused-ring (bicyclic) bond motifs is 1. The van der Waals surface area contributed by atoms with Gasteiger partial charge in [-0.2, -0.15) is 0 Å². The third-order valence-corrected chi connectivity index (χ3v) is 5.84. The Morgan fingerprint density at radius 2 is 1.86 bits per heavy atom. The standard InChI is InChI=1S/C23H28ClNO3/c1-5-8-15(2)23(26)25-12-11-16-13-20(27-3)21(28-4)14-18(16)22(25)17-9-6-7-10-19(17)24/h6-7,9-10,13-15,22H,5,8,11-12H2,1-4H3/t15-,22-/m0/s1. The minimum absolute atomic E-state index is 0.0170. The number of ether oxygens (including phenoxy) is 2. The predicted octanol–water partition coefficient (Wildman–Crippen LogP) is 5.27. The number of halogens is 1. The zero-order valence-electron chi connectivity index (χ0n) is 17.0. The minimum Gasteiger partial charge on any atom is -0.493 e. The van der Waals surface area contributed by atoms with E-state index in [1.54, 1.807) is 14.2 Å². The van der Waals surface area contributed by atoms with Crippen molar-refractivity contribution < 1.29 is 14.3 Å². The summed E-state index contributed by atoms with van der Waals surface area (Å²) in [5, 5.41) is 0.663. The highest BCUT2D eigenvalue weighted by Gasteiger charge is 2.35. The van der Waals surface area contributed by atoms with Gasteiger partial charge in [-0.3, -0.25) is 4.79 Å². The Morgan fingerprint density at radius 1 is 1.18 bits per heavy atom. The first kappa shape index (κ1) is 20.5. The summed E-state index contributed by atoms with van der Waals surface area (Å²) in [5.41, 5.74) is 3.15. The molecule has 2 atom stereocenters. The highest BCUT2D eigenvalue weighted by Crippen LogP contribution is 2.43. The van der Waals surface area contributed by atoms with Gasteiger partial charge in [-0.05, 0) is 47.7 Å². The number of carbonyl (C=O) groups excluding carboxylic acids is 1. The molecule has 0 fully saturated rings. The van der Waals surface area contributed by atoms with E-state index < -0.39 is 0 Å². The average molecular weight is 402 g/mol. The summed E-state index contributed by atoms with van der Waals surface area (Å²) in [7, 11) is 3.27. The van der Waals surface area contributed by atoms with Crippen LogP contribution in [0.25, 0.3) is 0 Å². The van der Waals surface area contributed by atoms with E-state index in [0.29, 0.717) is 23.1 Å². The average Bonchev–Trinajstić information content (AvgIpc) is 2.72. The number of benzene rings is 2. The van der Waals surface area contributed by atoms with Gasteiger partial charge in [-0.25, -0.2) is 0 Å². The fourth-order valence-corrected chi connectivity index (χ4v) is 4.29. The van der Waals surface area contributed by atoms with Crippen LogP contribution in [-0.4, -0.2) is 31.6 Å². The number of carbonyl (C=O) groups is 1. The summed E-state index contributed by atoms with van der Waals surface area (Å²) in [6.45, 7) is 4.78. The number of nitrogens with zero attached hydrogens (tertiary/aromatic N) is 1. The number of amides is 1. The number of rotatable bonds is 6. The molecule has 0 saturated carbocycles. The van der Waals surface area contributed by atoms with Gasteiger partial charge in [0.15, 0.2) is 11.5 Å². The van der Waals surface area contributed by atoms with Crippen molar-refractivity contribution in [1.82, 2.24) is 4.90 Å². The Bertz CT molecular complexity index is 852. The molecule has 0 unspecified atom stereocenters. The second-order valence-electron chi connectivity index (χ2n) is 7.30. The molecule has 1 amide bonds. The third-order valence-electron chi connectivity index (χ3n) is 5.50. The maximum Gasteiger partial charge on any atom is 0.226 e. The Balaban J connectivity index is 2.14. The van der Waals surface area contributed by atoms with Gasteiger partial charge in [0, 0.05) is 17.5 Å². The predicted molar refractivity (Wildman–Crippen MR) is 112 cm³/mol. The van der Waals surface area contributed by atoms with Crippen molar-refractivity contribution in [3.8, 4) is 11.5 Å². The van der Waals surface area contributed by atoms with Gasteiger partial charge >= 0.3 is 0 Å². The maximum absolute atomic E-state index is 13.3. The molecule has 4 nitrogen and oxygen atoms in total. The van der Waals surface area contributed by atoms with Crippen LogP contribution in [0.4, 0.5) is 0 Å². The van der Waals surface area contributed by atoms with Crippen LogP contribution in [0.2, 0.25) is 5.02 Å². The van der Waals surface area contributed by atoms with E-state index in [4.69, 9.17) is 21.1 Å². The van der Waals surface area contributed by atoms with Crippen molar-refractivity contribution in [1.29, 1.82) is 0 Å². The highest BCUT2D eigenvalue weighted by atomic mass is 35.5. The van der Waals surface area contributed by atoms with Crippen LogP contribution in [0.1, 0.15) is 49.4 Å². The molecule has 2 aromatic rings. The second kappa shape index (κ2) is 8.87. The third kappa shape index (κ3) is 3.83. The first-order chi connectivity index (χ1) is 13.5. The molecule has 5 heteroatoms. The van der Waals surface area contributed by atoms with E-state index in [1.807, 2.05) is 48.2 Å². The lowest BCUT2D eigenvalue weighted by atomic mass is 9.86. The molecule has 0 N–H and O–H groups in total. The second-order valence-corrected chi connectivity index (χ2v) is 7.71. The molecule has 1 aliphatic rings. The Hall–Kier alpha value is -2.20. The van der Waals surface area contributed by atoms with Crippen molar-refractivity contribution >= 4 is 17.5 Å². The molecule has 1 aliphatic heterocycles. The van der Waals surface area contributed by atoms with Gasteiger partial charge in [0.1, 0.15) is 0 Å². The van der Waals surface area contributed by atoms with Gasteiger partial charge in [0.05, 0.1) is 20.3 Å². The van der Waals surface area contributed by atoms with E-state index >= 15 is 0 Å². The zero-order valence-corrected chi connectivity index (χ0v) is 17.8. The Kier molecular flexibility index (Phi) is 6.50. The van der Waals surface area contributed by atoms with Crippen LogP contribution < -0.4 is 9.47 Å². The monoisotopic (exact) mass is 401 g/mol. The van der Waals surface area contributed by atoms with Crippen molar-refractivity contribution in [3.05, 3.63) is 58.1 Å². The Morgan fingerprint density at radius 3 is 2.50 bits per heavy atom. The summed E-state index contributed by atoms with van der Waals surface area (Å²) in [4.78, 5) is 15.3. The van der Waals surface area contributed by atoms with Crippen LogP contribution in [0.15, 0.2) is 36.4 Å². The lowest BCUT2D eigenvalue weighted by molar-refractivity contribution is -0.137. The van der Waals surface area contributed by atoms with Gasteiger partial charge in [-0.1, -0.05) is 50.1 Å². The van der Waals surface area contributed by atoms with Crippen molar-refractivity contribution in [3.63, 3.8) is 0 Å². The maximum atomic E-state index is 13.3. The number of hydrogen-bond acceptors (Lipinski definition) is 3. The molecular weight excluding hydrogens is 374 g/mol. The van der Waals surface area contributed by atoms with Crippen molar-refractivity contribution in [2.45, 2.75) is 39.2 Å². The van der Waals surface area contributed by atoms with E-state index in [-0.39, 0.29) is 17.9 Å². The summed E-state index contributed by atoms with van der Waals surface area (Å²) < 4.78 is 11.0. The molecule has 150 valence electrons. The van der Waals surface area contributed by atoms with Gasteiger partial charge in [0.25, 0.3) is 0 Å². The summed E-state index contributed by atoms with van der Waals surface area (Å²) in [6.07, 6.45) is 2.64. The first-order valence-electron chi connectivity index (χ1n) is 9.81. The molecule has 0 aromatic heterocycles. The van der Waals surface area contributed by atoms with Crippen molar-refractivity contribution in [2.75, 3.05) is 20.8 Å². The molecule has 0 bridgehead atoms. The molecule has 0 radical (unpaired) electrons. The summed E-state index contributed by atoms with van der Waals surface area (Å²) in [5.74, 6) is 1.52. The molecule has 1 heterocycles. The largest absolute Gasteiger partial charge is 0.493 e. The van der Waals surface area contributed by atoms with Crippen LogP contribution in [0.3, 0.4) is 0 Å².